The van der Waals surface area contributed by atoms with Crippen LogP contribution in [-0.4, -0.2) is 24.4 Å². The number of nitrogens with zero attached hydrogens (tertiary/aromatic N) is 5. The first-order valence-corrected chi connectivity index (χ1v) is 9.43. The van der Waals surface area contributed by atoms with Crippen LogP contribution in [-0.2, 0) is 13.0 Å². The summed E-state index contributed by atoms with van der Waals surface area (Å²) < 4.78 is 3.48. The van der Waals surface area contributed by atoms with Gasteiger partial charge in [-0.1, -0.05) is 51.1 Å². The Balaban J connectivity index is 1.94. The summed E-state index contributed by atoms with van der Waals surface area (Å²) in [5, 5.41) is 13.4. The maximum absolute atomic E-state index is 12.8. The van der Waals surface area contributed by atoms with E-state index >= 15 is 0 Å². The molecule has 6 nitrogen and oxygen atoms in total. The van der Waals surface area contributed by atoms with Gasteiger partial charge in [-0.15, -0.1) is 10.2 Å². The van der Waals surface area contributed by atoms with E-state index in [1.165, 1.54) is 0 Å². The SMILES string of the molecule is CCc1nn2c(nnc3c(=O)n(CCC(C)C)ccc32)c1-c1ccccc1. The quantitative estimate of drug-likeness (QED) is 0.543. The second-order valence-electron chi connectivity index (χ2n) is 7.21. The van der Waals surface area contributed by atoms with Crippen molar-refractivity contribution in [3.05, 3.63) is 58.6 Å². The predicted octanol–water partition coefficient (Wildman–Crippen LogP) is 3.71. The summed E-state index contributed by atoms with van der Waals surface area (Å²) in [6, 6.07) is 12.0. The Morgan fingerprint density at radius 2 is 1.85 bits per heavy atom. The largest absolute Gasteiger partial charge is 0.313 e. The lowest BCUT2D eigenvalue weighted by molar-refractivity contribution is 0.509. The van der Waals surface area contributed by atoms with Gasteiger partial charge in [-0.2, -0.15) is 5.10 Å². The molecule has 0 spiro atoms. The van der Waals surface area contributed by atoms with Gasteiger partial charge in [0.05, 0.1) is 11.3 Å². The third-order valence-electron chi connectivity index (χ3n) is 4.87. The van der Waals surface area contributed by atoms with E-state index in [-0.39, 0.29) is 5.56 Å². The molecule has 3 heterocycles. The lowest BCUT2D eigenvalue weighted by Gasteiger charge is -2.09. The maximum Gasteiger partial charge on any atom is 0.280 e. The zero-order valence-electron chi connectivity index (χ0n) is 15.9. The van der Waals surface area contributed by atoms with Crippen molar-refractivity contribution >= 4 is 16.7 Å². The van der Waals surface area contributed by atoms with Crippen LogP contribution in [0.4, 0.5) is 0 Å². The number of aryl methyl sites for hydroxylation is 2. The van der Waals surface area contributed by atoms with E-state index in [9.17, 15) is 4.79 Å². The van der Waals surface area contributed by atoms with Gasteiger partial charge in [0.2, 0.25) is 0 Å². The van der Waals surface area contributed by atoms with Crippen LogP contribution >= 0.6 is 0 Å². The Bertz CT molecular complexity index is 1160. The molecule has 0 N–H and O–H groups in total. The fraction of sp³-hybridized carbons (Fsp3) is 0.333. The smallest absolute Gasteiger partial charge is 0.280 e. The molecule has 4 aromatic rings. The van der Waals surface area contributed by atoms with Crippen molar-refractivity contribution in [3.8, 4) is 11.1 Å². The van der Waals surface area contributed by atoms with Gasteiger partial charge in [-0.3, -0.25) is 4.79 Å². The molecule has 3 aromatic heterocycles. The highest BCUT2D eigenvalue weighted by Gasteiger charge is 2.18. The van der Waals surface area contributed by atoms with E-state index in [0.717, 1.165) is 29.7 Å². The predicted molar refractivity (Wildman–Crippen MR) is 107 cm³/mol. The van der Waals surface area contributed by atoms with Gasteiger partial charge in [0, 0.05) is 12.7 Å². The average molecular weight is 361 g/mol. The van der Waals surface area contributed by atoms with Crippen LogP contribution in [0.25, 0.3) is 27.8 Å². The molecule has 27 heavy (non-hydrogen) atoms. The Labute approximate surface area is 157 Å². The molecule has 0 bridgehead atoms. The lowest BCUT2D eigenvalue weighted by atomic mass is 10.0. The Morgan fingerprint density at radius 1 is 1.07 bits per heavy atom. The molecule has 138 valence electrons. The lowest BCUT2D eigenvalue weighted by Crippen LogP contribution is -2.22. The molecular formula is C21H23N5O. The highest BCUT2D eigenvalue weighted by atomic mass is 16.1. The van der Waals surface area contributed by atoms with Crippen LogP contribution in [0, 0.1) is 5.92 Å². The molecule has 0 aliphatic carbocycles. The van der Waals surface area contributed by atoms with Crippen LogP contribution in [0.5, 0.6) is 0 Å². The van der Waals surface area contributed by atoms with Gasteiger partial charge in [0.1, 0.15) is 5.52 Å². The van der Waals surface area contributed by atoms with Gasteiger partial charge < -0.3 is 4.57 Å². The Morgan fingerprint density at radius 3 is 2.56 bits per heavy atom. The summed E-state index contributed by atoms with van der Waals surface area (Å²) in [6.45, 7) is 7.05. The van der Waals surface area contributed by atoms with E-state index in [4.69, 9.17) is 5.10 Å². The molecule has 0 atom stereocenters. The molecule has 1 aromatic carbocycles. The highest BCUT2D eigenvalue weighted by molar-refractivity contribution is 5.84. The molecular weight excluding hydrogens is 338 g/mol. The van der Waals surface area contributed by atoms with E-state index in [2.05, 4.69) is 31.0 Å². The number of benzene rings is 1. The zero-order chi connectivity index (χ0) is 19.0. The molecule has 0 saturated carbocycles. The highest BCUT2D eigenvalue weighted by Crippen LogP contribution is 2.28. The first kappa shape index (κ1) is 17.4. The van der Waals surface area contributed by atoms with Crippen LogP contribution in [0.2, 0.25) is 0 Å². The molecule has 6 heteroatoms. The zero-order valence-corrected chi connectivity index (χ0v) is 15.9. The maximum atomic E-state index is 12.8. The number of fused-ring (bicyclic) bond motifs is 3. The van der Waals surface area contributed by atoms with Crippen LogP contribution in [0.15, 0.2) is 47.4 Å². The normalized spacial score (nSPS) is 11.7. The van der Waals surface area contributed by atoms with Crippen LogP contribution in [0.3, 0.4) is 0 Å². The summed E-state index contributed by atoms with van der Waals surface area (Å²) in [5.41, 5.74) is 4.62. The van der Waals surface area contributed by atoms with Crippen molar-refractivity contribution < 1.29 is 0 Å². The van der Waals surface area contributed by atoms with E-state index < -0.39 is 0 Å². The molecule has 0 amide bonds. The van der Waals surface area contributed by atoms with Gasteiger partial charge in [0.25, 0.3) is 5.56 Å². The topological polar surface area (TPSA) is 65.1 Å². The summed E-state index contributed by atoms with van der Waals surface area (Å²) in [7, 11) is 0. The first-order chi connectivity index (χ1) is 13.1. The Hall–Kier alpha value is -3.02. The van der Waals surface area contributed by atoms with E-state index in [0.29, 0.717) is 29.1 Å². The minimum absolute atomic E-state index is 0.114. The number of hydrogen-bond acceptors (Lipinski definition) is 4. The number of pyridine rings is 1. The second kappa shape index (κ2) is 6.95. The minimum atomic E-state index is -0.114. The third kappa shape index (κ3) is 3.01. The summed E-state index contributed by atoms with van der Waals surface area (Å²) >= 11 is 0. The van der Waals surface area contributed by atoms with Crippen molar-refractivity contribution in [1.29, 1.82) is 0 Å². The van der Waals surface area contributed by atoms with Crippen molar-refractivity contribution in [1.82, 2.24) is 24.4 Å². The number of hydrogen-bond donors (Lipinski definition) is 0. The monoisotopic (exact) mass is 361 g/mol. The minimum Gasteiger partial charge on any atom is -0.313 e. The van der Waals surface area contributed by atoms with Crippen molar-refractivity contribution in [2.75, 3.05) is 0 Å². The summed E-state index contributed by atoms with van der Waals surface area (Å²) in [4.78, 5) is 12.8. The van der Waals surface area contributed by atoms with Crippen LogP contribution in [0.1, 0.15) is 32.9 Å². The molecule has 0 aliphatic heterocycles. The van der Waals surface area contributed by atoms with Crippen molar-refractivity contribution in [2.24, 2.45) is 5.92 Å². The van der Waals surface area contributed by atoms with E-state index in [1.807, 2.05) is 42.6 Å². The van der Waals surface area contributed by atoms with Gasteiger partial charge in [0.15, 0.2) is 11.2 Å². The molecule has 4 rings (SSSR count). The molecule has 0 saturated heterocycles. The number of aromatic nitrogens is 5. The third-order valence-corrected chi connectivity index (χ3v) is 4.87. The second-order valence-corrected chi connectivity index (χ2v) is 7.21. The molecule has 0 aliphatic rings. The van der Waals surface area contributed by atoms with Gasteiger partial charge in [-0.05, 0) is 30.4 Å². The fourth-order valence-corrected chi connectivity index (χ4v) is 3.35. The van der Waals surface area contributed by atoms with Crippen LogP contribution < -0.4 is 5.56 Å². The van der Waals surface area contributed by atoms with Gasteiger partial charge in [-0.25, -0.2) is 4.52 Å². The van der Waals surface area contributed by atoms with Crippen molar-refractivity contribution in [2.45, 2.75) is 40.2 Å². The molecule has 0 unspecified atom stereocenters. The van der Waals surface area contributed by atoms with E-state index in [1.54, 1.807) is 9.08 Å². The average Bonchev–Trinajstić information content (AvgIpc) is 3.07. The summed E-state index contributed by atoms with van der Waals surface area (Å²) in [5.74, 6) is 0.535. The standard InChI is InChI=1S/C21H23N5O/c1-4-16-18(15-8-6-5-7-9-15)20-23-22-19-17(26(20)24-16)11-13-25(21(19)27)12-10-14(2)3/h5-9,11,13-14H,4,10,12H2,1-3H3. The summed E-state index contributed by atoms with van der Waals surface area (Å²) in [6.07, 6.45) is 3.56. The molecule has 0 fully saturated rings. The Kier molecular flexibility index (Phi) is 4.48. The van der Waals surface area contributed by atoms with Crippen molar-refractivity contribution in [3.63, 3.8) is 0 Å². The van der Waals surface area contributed by atoms with Gasteiger partial charge >= 0.3 is 0 Å². The molecule has 0 radical (unpaired) electrons. The number of rotatable bonds is 5. The first-order valence-electron chi connectivity index (χ1n) is 9.43. The fourth-order valence-electron chi connectivity index (χ4n) is 3.35.